The van der Waals surface area contributed by atoms with Crippen LogP contribution >= 0.6 is 0 Å². The smallest absolute Gasteiger partial charge is 0.228 e. The number of benzene rings is 1. The summed E-state index contributed by atoms with van der Waals surface area (Å²) in [5.41, 5.74) is 0.804. The standard InChI is InChI=1S/C24H30N6O3/c1-33-20-6-4-19(5-7-20)30-17-18(16-22(30)31)23(32)28-14-12-27(13-15-28)21-8-9-25-24(26-21)29-10-2-3-11-29/h4-9,18H,2-3,10-17H2,1H3. The molecular formula is C24H30N6O3. The number of anilines is 3. The zero-order valence-corrected chi connectivity index (χ0v) is 19.0. The Hall–Kier alpha value is -3.36. The van der Waals surface area contributed by atoms with Gasteiger partial charge in [0, 0.05) is 64.1 Å². The Balaban J connectivity index is 1.18. The van der Waals surface area contributed by atoms with Crippen LogP contribution in [0.2, 0.25) is 0 Å². The van der Waals surface area contributed by atoms with Gasteiger partial charge in [-0.25, -0.2) is 4.98 Å². The van der Waals surface area contributed by atoms with Crippen molar-refractivity contribution >= 4 is 29.3 Å². The van der Waals surface area contributed by atoms with Crippen LogP contribution in [0.15, 0.2) is 36.5 Å². The van der Waals surface area contributed by atoms with E-state index in [-0.39, 0.29) is 24.2 Å². The molecule has 0 N–H and O–H groups in total. The second-order valence-corrected chi connectivity index (χ2v) is 8.82. The number of aromatic nitrogens is 2. The van der Waals surface area contributed by atoms with E-state index >= 15 is 0 Å². The summed E-state index contributed by atoms with van der Waals surface area (Å²) >= 11 is 0. The van der Waals surface area contributed by atoms with Crippen LogP contribution in [0.4, 0.5) is 17.5 Å². The van der Waals surface area contributed by atoms with Crippen LogP contribution < -0.4 is 19.4 Å². The molecule has 1 unspecified atom stereocenters. The van der Waals surface area contributed by atoms with E-state index in [1.54, 1.807) is 12.0 Å². The molecule has 0 bridgehead atoms. The first-order valence-corrected chi connectivity index (χ1v) is 11.7. The number of amides is 2. The lowest BCUT2D eigenvalue weighted by atomic mass is 10.1. The molecular weight excluding hydrogens is 420 g/mol. The number of hydrogen-bond donors (Lipinski definition) is 0. The highest BCUT2D eigenvalue weighted by molar-refractivity contribution is 6.00. The summed E-state index contributed by atoms with van der Waals surface area (Å²) in [6.45, 7) is 5.18. The zero-order valence-electron chi connectivity index (χ0n) is 19.0. The minimum absolute atomic E-state index is 0.00687. The third-order valence-electron chi connectivity index (χ3n) is 6.79. The second-order valence-electron chi connectivity index (χ2n) is 8.82. The topological polar surface area (TPSA) is 82.1 Å². The van der Waals surface area contributed by atoms with E-state index in [2.05, 4.69) is 14.8 Å². The first-order chi connectivity index (χ1) is 16.1. The molecule has 2 amide bonds. The maximum atomic E-state index is 13.2. The molecule has 1 aromatic carbocycles. The van der Waals surface area contributed by atoms with Gasteiger partial charge in [-0.2, -0.15) is 4.98 Å². The molecule has 0 saturated carbocycles. The van der Waals surface area contributed by atoms with Crippen LogP contribution in [0, 0.1) is 5.92 Å². The van der Waals surface area contributed by atoms with Crippen molar-refractivity contribution in [2.24, 2.45) is 5.92 Å². The van der Waals surface area contributed by atoms with Crippen molar-refractivity contribution in [3.05, 3.63) is 36.5 Å². The molecule has 9 nitrogen and oxygen atoms in total. The molecule has 4 heterocycles. The van der Waals surface area contributed by atoms with Gasteiger partial charge < -0.3 is 24.3 Å². The predicted molar refractivity (Wildman–Crippen MR) is 126 cm³/mol. The molecule has 0 aliphatic carbocycles. The van der Waals surface area contributed by atoms with E-state index in [0.29, 0.717) is 19.6 Å². The molecule has 3 fully saturated rings. The average Bonchev–Trinajstić information content (AvgIpc) is 3.54. The molecule has 3 aliphatic rings. The molecule has 1 atom stereocenters. The van der Waals surface area contributed by atoms with E-state index in [9.17, 15) is 9.59 Å². The van der Waals surface area contributed by atoms with Crippen molar-refractivity contribution in [3.63, 3.8) is 0 Å². The van der Waals surface area contributed by atoms with Crippen molar-refractivity contribution < 1.29 is 14.3 Å². The van der Waals surface area contributed by atoms with Crippen molar-refractivity contribution in [2.45, 2.75) is 19.3 Å². The minimum atomic E-state index is -0.299. The molecule has 3 aliphatic heterocycles. The van der Waals surface area contributed by atoms with Crippen LogP contribution in [-0.2, 0) is 9.59 Å². The normalized spacial score (nSPS) is 21.1. The van der Waals surface area contributed by atoms with Crippen molar-refractivity contribution in [2.75, 3.05) is 67.6 Å². The number of carbonyl (C=O) groups is 2. The average molecular weight is 451 g/mol. The number of methoxy groups -OCH3 is 1. The lowest BCUT2D eigenvalue weighted by molar-refractivity contribution is -0.136. The zero-order chi connectivity index (χ0) is 22.8. The Labute approximate surface area is 193 Å². The number of rotatable bonds is 5. The Morgan fingerprint density at radius 2 is 1.70 bits per heavy atom. The SMILES string of the molecule is COc1ccc(N2CC(C(=O)N3CCN(c4ccnc(N5CCCC5)n4)CC3)CC2=O)cc1. The Bertz CT molecular complexity index is 1000. The fourth-order valence-electron chi connectivity index (χ4n) is 4.88. The fraction of sp³-hybridized carbons (Fsp3) is 0.500. The summed E-state index contributed by atoms with van der Waals surface area (Å²) in [6.07, 6.45) is 4.46. The quantitative estimate of drug-likeness (QED) is 0.687. The molecule has 33 heavy (non-hydrogen) atoms. The number of nitrogens with zero attached hydrogens (tertiary/aromatic N) is 6. The molecule has 174 valence electrons. The molecule has 2 aromatic rings. The lowest BCUT2D eigenvalue weighted by Crippen LogP contribution is -2.51. The summed E-state index contributed by atoms with van der Waals surface area (Å²) in [6, 6.07) is 9.33. The van der Waals surface area contributed by atoms with E-state index in [1.807, 2.05) is 41.4 Å². The first-order valence-electron chi connectivity index (χ1n) is 11.7. The minimum Gasteiger partial charge on any atom is -0.497 e. The summed E-state index contributed by atoms with van der Waals surface area (Å²) in [5.74, 6) is 2.22. The number of carbonyl (C=O) groups excluding carboxylic acids is 2. The van der Waals surface area contributed by atoms with Gasteiger partial charge in [0.05, 0.1) is 13.0 Å². The second kappa shape index (κ2) is 9.25. The number of piperazine rings is 1. The van der Waals surface area contributed by atoms with Crippen LogP contribution in [0.25, 0.3) is 0 Å². The van der Waals surface area contributed by atoms with Crippen LogP contribution in [0.1, 0.15) is 19.3 Å². The van der Waals surface area contributed by atoms with Crippen molar-refractivity contribution in [1.29, 1.82) is 0 Å². The molecule has 0 radical (unpaired) electrons. The van der Waals surface area contributed by atoms with Crippen molar-refractivity contribution in [3.8, 4) is 5.75 Å². The van der Waals surface area contributed by atoms with Gasteiger partial charge in [-0.15, -0.1) is 0 Å². The van der Waals surface area contributed by atoms with E-state index < -0.39 is 0 Å². The monoisotopic (exact) mass is 450 g/mol. The largest absolute Gasteiger partial charge is 0.497 e. The number of ether oxygens (including phenoxy) is 1. The van der Waals surface area contributed by atoms with Crippen molar-refractivity contribution in [1.82, 2.24) is 14.9 Å². The van der Waals surface area contributed by atoms with Gasteiger partial charge in [0.1, 0.15) is 11.6 Å². The summed E-state index contributed by atoms with van der Waals surface area (Å²) in [4.78, 5) is 43.0. The van der Waals surface area contributed by atoms with Gasteiger partial charge in [0.2, 0.25) is 17.8 Å². The number of hydrogen-bond acceptors (Lipinski definition) is 7. The van der Waals surface area contributed by atoms with Crippen LogP contribution in [-0.4, -0.2) is 79.6 Å². The third kappa shape index (κ3) is 4.44. The highest BCUT2D eigenvalue weighted by Crippen LogP contribution is 2.28. The fourth-order valence-corrected chi connectivity index (χ4v) is 4.88. The van der Waals surface area contributed by atoms with Gasteiger partial charge >= 0.3 is 0 Å². The molecule has 3 saturated heterocycles. The van der Waals surface area contributed by atoms with E-state index in [0.717, 1.165) is 49.4 Å². The van der Waals surface area contributed by atoms with Gasteiger partial charge in [0.15, 0.2) is 0 Å². The summed E-state index contributed by atoms with van der Waals surface area (Å²) < 4.78 is 5.19. The van der Waals surface area contributed by atoms with Gasteiger partial charge in [-0.3, -0.25) is 9.59 Å². The molecule has 5 rings (SSSR count). The van der Waals surface area contributed by atoms with Crippen LogP contribution in [0.5, 0.6) is 5.75 Å². The highest BCUT2D eigenvalue weighted by atomic mass is 16.5. The lowest BCUT2D eigenvalue weighted by Gasteiger charge is -2.36. The van der Waals surface area contributed by atoms with Gasteiger partial charge in [-0.05, 0) is 43.2 Å². The molecule has 1 aromatic heterocycles. The van der Waals surface area contributed by atoms with Crippen LogP contribution in [0.3, 0.4) is 0 Å². The maximum absolute atomic E-state index is 13.2. The van der Waals surface area contributed by atoms with Gasteiger partial charge in [0.25, 0.3) is 0 Å². The molecule has 0 spiro atoms. The first kappa shape index (κ1) is 21.5. The Morgan fingerprint density at radius 1 is 0.970 bits per heavy atom. The summed E-state index contributed by atoms with van der Waals surface area (Å²) in [5, 5.41) is 0. The van der Waals surface area contributed by atoms with E-state index in [4.69, 9.17) is 9.72 Å². The van der Waals surface area contributed by atoms with E-state index in [1.165, 1.54) is 12.8 Å². The Kier molecular flexibility index (Phi) is 6.02. The predicted octanol–water partition coefficient (Wildman–Crippen LogP) is 1.79. The Morgan fingerprint density at radius 3 is 2.39 bits per heavy atom. The molecule has 9 heteroatoms. The highest BCUT2D eigenvalue weighted by Gasteiger charge is 2.38. The summed E-state index contributed by atoms with van der Waals surface area (Å²) in [7, 11) is 1.61. The third-order valence-corrected chi connectivity index (χ3v) is 6.79. The van der Waals surface area contributed by atoms with Gasteiger partial charge in [-0.1, -0.05) is 0 Å². The maximum Gasteiger partial charge on any atom is 0.228 e.